The average molecular weight is 264 g/mol. The Morgan fingerprint density at radius 1 is 1.42 bits per heavy atom. The SMILES string of the molecule is CC(C)Nc1cnn(CC(=O)N2CCCC2)c(=O)c1. The normalized spacial score (nSPS) is 15.0. The summed E-state index contributed by atoms with van der Waals surface area (Å²) in [4.78, 5) is 25.6. The Morgan fingerprint density at radius 3 is 2.68 bits per heavy atom. The van der Waals surface area contributed by atoms with Crippen molar-refractivity contribution in [1.82, 2.24) is 14.7 Å². The highest BCUT2D eigenvalue weighted by molar-refractivity contribution is 5.76. The van der Waals surface area contributed by atoms with Crippen LogP contribution >= 0.6 is 0 Å². The van der Waals surface area contributed by atoms with Crippen molar-refractivity contribution in [3.8, 4) is 0 Å². The fourth-order valence-electron chi connectivity index (χ4n) is 2.16. The van der Waals surface area contributed by atoms with Crippen LogP contribution in [0.5, 0.6) is 0 Å². The Morgan fingerprint density at radius 2 is 2.11 bits per heavy atom. The molecule has 2 rings (SSSR count). The lowest BCUT2D eigenvalue weighted by Gasteiger charge is -2.15. The van der Waals surface area contributed by atoms with Gasteiger partial charge in [0.2, 0.25) is 5.91 Å². The van der Waals surface area contributed by atoms with Gasteiger partial charge in [0.25, 0.3) is 5.56 Å². The van der Waals surface area contributed by atoms with E-state index in [1.807, 2.05) is 13.8 Å². The second kappa shape index (κ2) is 5.86. The van der Waals surface area contributed by atoms with Crippen molar-refractivity contribution < 1.29 is 4.79 Å². The molecule has 0 radical (unpaired) electrons. The molecule has 1 aromatic rings. The van der Waals surface area contributed by atoms with Gasteiger partial charge < -0.3 is 10.2 Å². The van der Waals surface area contributed by atoms with E-state index in [4.69, 9.17) is 0 Å². The molecular weight excluding hydrogens is 244 g/mol. The minimum Gasteiger partial charge on any atom is -0.381 e. The number of amides is 1. The maximum absolute atomic E-state index is 11.9. The molecule has 0 aliphatic carbocycles. The van der Waals surface area contributed by atoms with Gasteiger partial charge >= 0.3 is 0 Å². The van der Waals surface area contributed by atoms with Crippen LogP contribution in [0.1, 0.15) is 26.7 Å². The predicted octanol–water partition coefficient (Wildman–Crippen LogP) is 0.686. The van der Waals surface area contributed by atoms with Crippen molar-refractivity contribution >= 4 is 11.6 Å². The molecule has 1 fully saturated rings. The minimum absolute atomic E-state index is 0.0286. The summed E-state index contributed by atoms with van der Waals surface area (Å²) in [6, 6.07) is 1.72. The number of likely N-dealkylation sites (tertiary alicyclic amines) is 1. The van der Waals surface area contributed by atoms with Gasteiger partial charge in [0.15, 0.2) is 0 Å². The maximum Gasteiger partial charge on any atom is 0.269 e. The van der Waals surface area contributed by atoms with Gasteiger partial charge in [0.05, 0.1) is 11.9 Å². The van der Waals surface area contributed by atoms with Crippen molar-refractivity contribution in [2.24, 2.45) is 0 Å². The second-order valence-corrected chi connectivity index (χ2v) is 5.13. The van der Waals surface area contributed by atoms with Crippen LogP contribution < -0.4 is 10.9 Å². The third kappa shape index (κ3) is 3.56. The first kappa shape index (κ1) is 13.6. The Balaban J connectivity index is 2.04. The van der Waals surface area contributed by atoms with Crippen LogP contribution in [-0.4, -0.2) is 39.7 Å². The fraction of sp³-hybridized carbons (Fsp3) is 0.615. The van der Waals surface area contributed by atoms with E-state index in [0.717, 1.165) is 25.9 Å². The van der Waals surface area contributed by atoms with Crippen LogP contribution in [0.2, 0.25) is 0 Å². The van der Waals surface area contributed by atoms with Gasteiger partial charge in [-0.05, 0) is 26.7 Å². The Kier molecular flexibility index (Phi) is 4.19. The summed E-state index contributed by atoms with van der Waals surface area (Å²) in [5.41, 5.74) is 0.433. The minimum atomic E-state index is -0.252. The van der Waals surface area contributed by atoms with Gasteiger partial charge in [0.1, 0.15) is 6.54 Å². The molecule has 6 heteroatoms. The molecule has 1 aliphatic heterocycles. The fourth-order valence-corrected chi connectivity index (χ4v) is 2.16. The maximum atomic E-state index is 11.9. The molecule has 0 aromatic carbocycles. The molecule has 0 bridgehead atoms. The molecule has 19 heavy (non-hydrogen) atoms. The predicted molar refractivity (Wildman–Crippen MR) is 73.1 cm³/mol. The Bertz CT molecular complexity index is 504. The van der Waals surface area contributed by atoms with E-state index in [2.05, 4.69) is 10.4 Å². The van der Waals surface area contributed by atoms with Gasteiger partial charge in [0, 0.05) is 25.2 Å². The van der Waals surface area contributed by atoms with E-state index in [9.17, 15) is 9.59 Å². The average Bonchev–Trinajstić information content (AvgIpc) is 2.85. The largest absolute Gasteiger partial charge is 0.381 e. The zero-order valence-corrected chi connectivity index (χ0v) is 11.4. The number of nitrogens with zero attached hydrogens (tertiary/aromatic N) is 3. The molecule has 1 amide bonds. The number of hydrogen-bond donors (Lipinski definition) is 1. The molecule has 1 saturated heterocycles. The molecule has 1 aromatic heterocycles. The van der Waals surface area contributed by atoms with E-state index in [0.29, 0.717) is 5.69 Å². The summed E-state index contributed by atoms with van der Waals surface area (Å²) in [7, 11) is 0. The quantitative estimate of drug-likeness (QED) is 0.868. The molecule has 0 saturated carbocycles. The molecule has 0 spiro atoms. The van der Waals surface area contributed by atoms with Crippen molar-refractivity contribution in [1.29, 1.82) is 0 Å². The first-order valence-electron chi connectivity index (χ1n) is 6.68. The Hall–Kier alpha value is -1.85. The molecule has 104 valence electrons. The number of hydrogen-bond acceptors (Lipinski definition) is 4. The number of aromatic nitrogens is 2. The van der Waals surface area contributed by atoms with Crippen LogP contribution in [0.3, 0.4) is 0 Å². The van der Waals surface area contributed by atoms with E-state index >= 15 is 0 Å². The summed E-state index contributed by atoms with van der Waals surface area (Å²) in [5, 5.41) is 7.15. The lowest BCUT2D eigenvalue weighted by atomic mass is 10.3. The zero-order chi connectivity index (χ0) is 13.8. The van der Waals surface area contributed by atoms with Gasteiger partial charge in [-0.25, -0.2) is 4.68 Å². The summed E-state index contributed by atoms with van der Waals surface area (Å²) in [6.45, 7) is 5.59. The number of anilines is 1. The third-order valence-corrected chi connectivity index (χ3v) is 3.07. The van der Waals surface area contributed by atoms with Gasteiger partial charge in [-0.2, -0.15) is 5.10 Å². The van der Waals surface area contributed by atoms with Gasteiger partial charge in [-0.15, -0.1) is 0 Å². The zero-order valence-electron chi connectivity index (χ0n) is 11.4. The summed E-state index contributed by atoms with van der Waals surface area (Å²) >= 11 is 0. The van der Waals surface area contributed by atoms with E-state index in [1.54, 1.807) is 11.1 Å². The lowest BCUT2D eigenvalue weighted by molar-refractivity contribution is -0.131. The van der Waals surface area contributed by atoms with Crippen LogP contribution in [0.4, 0.5) is 5.69 Å². The first-order chi connectivity index (χ1) is 9.06. The van der Waals surface area contributed by atoms with Crippen LogP contribution in [0.15, 0.2) is 17.1 Å². The Labute approximate surface area is 112 Å². The smallest absolute Gasteiger partial charge is 0.269 e. The van der Waals surface area contributed by atoms with E-state index in [1.165, 1.54) is 10.7 Å². The van der Waals surface area contributed by atoms with Crippen LogP contribution in [-0.2, 0) is 11.3 Å². The van der Waals surface area contributed by atoms with Crippen LogP contribution in [0.25, 0.3) is 0 Å². The molecule has 1 N–H and O–H groups in total. The van der Waals surface area contributed by atoms with Gasteiger partial charge in [-0.1, -0.05) is 0 Å². The highest BCUT2D eigenvalue weighted by Crippen LogP contribution is 2.08. The lowest BCUT2D eigenvalue weighted by Crippen LogP contribution is -2.35. The van der Waals surface area contributed by atoms with E-state index < -0.39 is 0 Å². The molecule has 0 unspecified atom stereocenters. The number of nitrogens with one attached hydrogen (secondary N) is 1. The topological polar surface area (TPSA) is 67.2 Å². The first-order valence-corrected chi connectivity index (χ1v) is 6.68. The summed E-state index contributed by atoms with van der Waals surface area (Å²) in [6.07, 6.45) is 3.68. The molecular formula is C13H20N4O2. The molecule has 0 atom stereocenters. The van der Waals surface area contributed by atoms with Crippen molar-refractivity contribution in [2.45, 2.75) is 39.3 Å². The highest BCUT2D eigenvalue weighted by atomic mass is 16.2. The number of carbonyl (C=O) groups is 1. The number of carbonyl (C=O) groups excluding carboxylic acids is 1. The standard InChI is InChI=1S/C13H20N4O2/c1-10(2)15-11-7-12(18)17(14-8-11)9-13(19)16-5-3-4-6-16/h7-8,10,15H,3-6,9H2,1-2H3. The van der Waals surface area contributed by atoms with Gasteiger partial charge in [-0.3, -0.25) is 9.59 Å². The summed E-state index contributed by atoms with van der Waals surface area (Å²) < 4.78 is 1.21. The molecule has 6 nitrogen and oxygen atoms in total. The van der Waals surface area contributed by atoms with Crippen LogP contribution in [0, 0.1) is 0 Å². The molecule has 1 aliphatic rings. The van der Waals surface area contributed by atoms with Crippen molar-refractivity contribution in [3.63, 3.8) is 0 Å². The number of rotatable bonds is 4. The van der Waals surface area contributed by atoms with Crippen molar-refractivity contribution in [3.05, 3.63) is 22.6 Å². The summed E-state index contributed by atoms with van der Waals surface area (Å²) in [5.74, 6) is -0.0309. The van der Waals surface area contributed by atoms with E-state index in [-0.39, 0.29) is 24.1 Å². The monoisotopic (exact) mass is 264 g/mol. The molecule has 2 heterocycles. The van der Waals surface area contributed by atoms with Crippen molar-refractivity contribution in [2.75, 3.05) is 18.4 Å². The highest BCUT2D eigenvalue weighted by Gasteiger charge is 2.18. The second-order valence-electron chi connectivity index (χ2n) is 5.13. The third-order valence-electron chi connectivity index (χ3n) is 3.07.